The van der Waals surface area contributed by atoms with Gasteiger partial charge in [-0.15, -0.1) is 0 Å². The van der Waals surface area contributed by atoms with Crippen LogP contribution in [0.15, 0.2) is 36.5 Å². The highest BCUT2D eigenvalue weighted by Gasteiger charge is 2.20. The van der Waals surface area contributed by atoms with Gasteiger partial charge in [0.2, 0.25) is 0 Å². The van der Waals surface area contributed by atoms with Crippen LogP contribution in [0.25, 0.3) is 0 Å². The smallest absolute Gasteiger partial charge is 0.339 e. The van der Waals surface area contributed by atoms with Gasteiger partial charge in [0.1, 0.15) is 0 Å². The molecule has 2 rings (SSSR count). The lowest BCUT2D eigenvalue weighted by Gasteiger charge is -2.14. The lowest BCUT2D eigenvalue weighted by Crippen LogP contribution is -2.30. The van der Waals surface area contributed by atoms with E-state index in [1.54, 1.807) is 12.1 Å². The molecule has 0 saturated heterocycles. The van der Waals surface area contributed by atoms with E-state index in [-0.39, 0.29) is 16.5 Å². The Labute approximate surface area is 142 Å². The van der Waals surface area contributed by atoms with Crippen LogP contribution in [0.3, 0.4) is 0 Å². The minimum Gasteiger partial charge on any atom is -0.494 e. The molecule has 0 aliphatic rings. The fraction of sp³-hybridized carbons (Fsp3) is 0.188. The molecule has 0 spiro atoms. The second-order valence-corrected chi connectivity index (χ2v) is 5.09. The molecular formula is C16H14ClFN2O4. The first-order chi connectivity index (χ1) is 11.4. The fourth-order valence-corrected chi connectivity index (χ4v) is 1.96. The maximum Gasteiger partial charge on any atom is 0.339 e. The third-order valence-corrected chi connectivity index (χ3v) is 3.36. The average molecular weight is 353 g/mol. The van der Waals surface area contributed by atoms with Gasteiger partial charge in [-0.05, 0) is 37.3 Å². The number of anilines is 1. The Morgan fingerprint density at radius 3 is 2.71 bits per heavy atom. The van der Waals surface area contributed by atoms with E-state index in [1.165, 1.54) is 32.4 Å². The Kier molecular flexibility index (Phi) is 5.70. The van der Waals surface area contributed by atoms with Gasteiger partial charge in [0.15, 0.2) is 22.8 Å². The minimum atomic E-state index is -1.11. The summed E-state index contributed by atoms with van der Waals surface area (Å²) in [6.45, 7) is 1.39. The van der Waals surface area contributed by atoms with Gasteiger partial charge in [-0.3, -0.25) is 4.79 Å². The van der Waals surface area contributed by atoms with Crippen molar-refractivity contribution in [2.24, 2.45) is 0 Å². The number of esters is 1. The Balaban J connectivity index is 2.02. The number of benzene rings is 1. The molecule has 1 aromatic heterocycles. The molecule has 0 fully saturated rings. The summed E-state index contributed by atoms with van der Waals surface area (Å²) in [7, 11) is 1.31. The monoisotopic (exact) mass is 352 g/mol. The van der Waals surface area contributed by atoms with E-state index in [0.29, 0.717) is 5.69 Å². The zero-order valence-electron chi connectivity index (χ0n) is 12.9. The SMILES string of the molecule is COc1ccc(C(=O)O[C@@H](C)C(=O)Nc2cccnc2Cl)cc1F. The van der Waals surface area contributed by atoms with Crippen LogP contribution in [0.1, 0.15) is 17.3 Å². The van der Waals surface area contributed by atoms with Crippen molar-refractivity contribution in [3.63, 3.8) is 0 Å². The Bertz CT molecular complexity index is 769. The highest BCUT2D eigenvalue weighted by Crippen LogP contribution is 2.20. The summed E-state index contributed by atoms with van der Waals surface area (Å²) in [6, 6.07) is 6.77. The molecule has 0 bridgehead atoms. The van der Waals surface area contributed by atoms with Crippen LogP contribution in [-0.2, 0) is 9.53 Å². The standard InChI is InChI=1S/C16H14ClFN2O4/c1-9(15(21)20-12-4-3-7-19-14(12)17)24-16(22)10-5-6-13(23-2)11(18)8-10/h3-9H,1-2H3,(H,20,21)/t9-/m0/s1. The molecule has 1 amide bonds. The van der Waals surface area contributed by atoms with Crippen molar-refractivity contribution in [2.75, 3.05) is 12.4 Å². The number of ether oxygens (including phenoxy) is 2. The molecular weight excluding hydrogens is 339 g/mol. The van der Waals surface area contributed by atoms with E-state index >= 15 is 0 Å². The van der Waals surface area contributed by atoms with Gasteiger partial charge >= 0.3 is 5.97 Å². The molecule has 0 aliphatic carbocycles. The average Bonchev–Trinajstić information content (AvgIpc) is 2.56. The summed E-state index contributed by atoms with van der Waals surface area (Å²) < 4.78 is 23.4. The first-order valence-electron chi connectivity index (χ1n) is 6.88. The molecule has 1 N–H and O–H groups in total. The minimum absolute atomic E-state index is 0.00330. The molecule has 0 radical (unpaired) electrons. The number of halogens is 2. The summed E-state index contributed by atoms with van der Waals surface area (Å²) in [5, 5.41) is 2.60. The molecule has 1 heterocycles. The highest BCUT2D eigenvalue weighted by molar-refractivity contribution is 6.32. The normalized spacial score (nSPS) is 11.5. The molecule has 1 atom stereocenters. The van der Waals surface area contributed by atoms with Gasteiger partial charge in [-0.2, -0.15) is 0 Å². The summed E-state index contributed by atoms with van der Waals surface area (Å²) in [6.07, 6.45) is 0.360. The summed E-state index contributed by atoms with van der Waals surface area (Å²) in [4.78, 5) is 27.8. The van der Waals surface area contributed by atoms with Gasteiger partial charge in [-0.25, -0.2) is 14.2 Å². The van der Waals surface area contributed by atoms with E-state index in [1.807, 2.05) is 0 Å². The topological polar surface area (TPSA) is 77.5 Å². The largest absolute Gasteiger partial charge is 0.494 e. The molecule has 1 aromatic carbocycles. The molecule has 0 saturated carbocycles. The maximum absolute atomic E-state index is 13.6. The number of carbonyl (C=O) groups is 2. The van der Waals surface area contributed by atoms with E-state index in [4.69, 9.17) is 21.1 Å². The third-order valence-electron chi connectivity index (χ3n) is 3.06. The number of rotatable bonds is 5. The second kappa shape index (κ2) is 7.74. The summed E-state index contributed by atoms with van der Waals surface area (Å²) in [5.74, 6) is -2.13. The highest BCUT2D eigenvalue weighted by atomic mass is 35.5. The molecule has 2 aromatic rings. The van der Waals surface area contributed by atoms with Crippen LogP contribution in [0.2, 0.25) is 5.15 Å². The van der Waals surface area contributed by atoms with E-state index in [2.05, 4.69) is 10.3 Å². The van der Waals surface area contributed by atoms with Crippen LogP contribution in [-0.4, -0.2) is 30.1 Å². The van der Waals surface area contributed by atoms with Crippen LogP contribution in [0.5, 0.6) is 5.75 Å². The van der Waals surface area contributed by atoms with Crippen molar-refractivity contribution < 1.29 is 23.5 Å². The molecule has 6 nitrogen and oxygen atoms in total. The van der Waals surface area contributed by atoms with Gasteiger partial charge in [-0.1, -0.05) is 11.6 Å². The molecule has 0 unspecified atom stereocenters. The van der Waals surface area contributed by atoms with Gasteiger partial charge < -0.3 is 14.8 Å². The second-order valence-electron chi connectivity index (χ2n) is 4.73. The van der Waals surface area contributed by atoms with Gasteiger partial charge in [0.25, 0.3) is 5.91 Å². The first-order valence-corrected chi connectivity index (χ1v) is 7.26. The summed E-state index contributed by atoms with van der Waals surface area (Å²) >= 11 is 5.83. The van der Waals surface area contributed by atoms with Gasteiger partial charge in [0, 0.05) is 6.20 Å². The predicted molar refractivity (Wildman–Crippen MR) is 85.7 cm³/mol. The predicted octanol–water partition coefficient (Wildman–Crippen LogP) is 3.07. The van der Waals surface area contributed by atoms with Crippen molar-refractivity contribution in [1.82, 2.24) is 4.98 Å². The van der Waals surface area contributed by atoms with Crippen LogP contribution < -0.4 is 10.1 Å². The lowest BCUT2D eigenvalue weighted by molar-refractivity contribution is -0.123. The molecule has 24 heavy (non-hydrogen) atoms. The molecule has 0 aliphatic heterocycles. The Morgan fingerprint density at radius 1 is 1.33 bits per heavy atom. The number of carbonyl (C=O) groups excluding carboxylic acids is 2. The lowest BCUT2D eigenvalue weighted by atomic mass is 10.2. The quantitative estimate of drug-likeness (QED) is 0.661. The van der Waals surface area contributed by atoms with Crippen LogP contribution >= 0.6 is 11.6 Å². The number of amides is 1. The Morgan fingerprint density at radius 2 is 2.08 bits per heavy atom. The number of methoxy groups -OCH3 is 1. The van der Waals surface area contributed by atoms with E-state index in [0.717, 1.165) is 6.07 Å². The van der Waals surface area contributed by atoms with E-state index < -0.39 is 23.8 Å². The van der Waals surface area contributed by atoms with Crippen molar-refractivity contribution in [3.8, 4) is 5.75 Å². The number of hydrogen-bond donors (Lipinski definition) is 1. The van der Waals surface area contributed by atoms with Crippen molar-refractivity contribution in [1.29, 1.82) is 0 Å². The fourth-order valence-electron chi connectivity index (χ4n) is 1.79. The Hall–Kier alpha value is -2.67. The number of nitrogens with zero attached hydrogens (tertiary/aromatic N) is 1. The van der Waals surface area contributed by atoms with Crippen LogP contribution in [0.4, 0.5) is 10.1 Å². The number of pyridine rings is 1. The first kappa shape index (κ1) is 17.7. The number of aromatic nitrogens is 1. The van der Waals surface area contributed by atoms with Crippen LogP contribution in [0, 0.1) is 5.82 Å². The number of hydrogen-bond acceptors (Lipinski definition) is 5. The van der Waals surface area contributed by atoms with Gasteiger partial charge in [0.05, 0.1) is 18.4 Å². The third kappa shape index (κ3) is 4.20. The molecule has 126 valence electrons. The molecule has 8 heteroatoms. The van der Waals surface area contributed by atoms with Crippen molar-refractivity contribution in [2.45, 2.75) is 13.0 Å². The summed E-state index contributed by atoms with van der Waals surface area (Å²) in [5.41, 5.74) is 0.259. The van der Waals surface area contributed by atoms with Crippen molar-refractivity contribution in [3.05, 3.63) is 53.1 Å². The zero-order chi connectivity index (χ0) is 17.7. The number of nitrogens with one attached hydrogen (secondary N) is 1. The van der Waals surface area contributed by atoms with Crippen molar-refractivity contribution >= 4 is 29.2 Å². The van der Waals surface area contributed by atoms with E-state index in [9.17, 15) is 14.0 Å². The maximum atomic E-state index is 13.6. The zero-order valence-corrected chi connectivity index (χ0v) is 13.6.